The van der Waals surface area contributed by atoms with E-state index < -0.39 is 17.6 Å². The Kier molecular flexibility index (Phi) is 6.14. The summed E-state index contributed by atoms with van der Waals surface area (Å²) in [5.41, 5.74) is 2.80. The van der Waals surface area contributed by atoms with Crippen LogP contribution < -0.4 is 10.7 Å². The van der Waals surface area contributed by atoms with Gasteiger partial charge >= 0.3 is 11.8 Å². The molecule has 0 saturated carbocycles. The van der Waals surface area contributed by atoms with Crippen molar-refractivity contribution in [1.29, 1.82) is 0 Å². The Morgan fingerprint density at radius 2 is 1.71 bits per heavy atom. The third kappa shape index (κ3) is 4.92. The average molecular weight is 389 g/mol. The van der Waals surface area contributed by atoms with E-state index in [0.29, 0.717) is 15.6 Å². The first-order valence-corrected chi connectivity index (χ1v) is 7.54. The van der Waals surface area contributed by atoms with E-state index in [1.807, 2.05) is 5.43 Å². The van der Waals surface area contributed by atoms with E-state index in [1.165, 1.54) is 18.3 Å². The van der Waals surface area contributed by atoms with Crippen LogP contribution in [0.25, 0.3) is 0 Å². The van der Waals surface area contributed by atoms with Crippen LogP contribution in [-0.2, 0) is 9.59 Å². The van der Waals surface area contributed by atoms with E-state index >= 15 is 0 Å². The van der Waals surface area contributed by atoms with E-state index in [-0.39, 0.29) is 10.7 Å². The van der Waals surface area contributed by atoms with Crippen molar-refractivity contribution in [3.63, 3.8) is 0 Å². The van der Waals surface area contributed by atoms with Crippen molar-refractivity contribution in [2.45, 2.75) is 0 Å². The number of carbonyl (C=O) groups excluding carboxylic acids is 2. The van der Waals surface area contributed by atoms with Crippen LogP contribution in [0.1, 0.15) is 5.56 Å². The van der Waals surface area contributed by atoms with Gasteiger partial charge in [-0.2, -0.15) is 5.10 Å². The zero-order valence-electron chi connectivity index (χ0n) is 11.8. The molecule has 0 spiro atoms. The number of hydrazone groups is 1. The Labute approximate surface area is 151 Å². The molecule has 0 radical (unpaired) electrons. The van der Waals surface area contributed by atoms with Gasteiger partial charge in [0.05, 0.1) is 21.3 Å². The molecule has 2 N–H and O–H groups in total. The first-order chi connectivity index (χ1) is 11.4. The van der Waals surface area contributed by atoms with E-state index in [0.717, 1.165) is 6.07 Å². The van der Waals surface area contributed by atoms with Crippen molar-refractivity contribution in [1.82, 2.24) is 5.43 Å². The number of amides is 2. The van der Waals surface area contributed by atoms with Gasteiger partial charge in [0.1, 0.15) is 5.82 Å². The number of halogens is 4. The Bertz CT molecular complexity index is 828. The summed E-state index contributed by atoms with van der Waals surface area (Å²) >= 11 is 17.2. The first-order valence-electron chi connectivity index (χ1n) is 6.41. The fourth-order valence-electron chi connectivity index (χ4n) is 1.57. The number of rotatable bonds is 3. The molecule has 2 amide bonds. The number of hydrogen-bond acceptors (Lipinski definition) is 3. The van der Waals surface area contributed by atoms with Gasteiger partial charge in [-0.25, -0.2) is 9.82 Å². The molecule has 0 aliphatic rings. The van der Waals surface area contributed by atoms with Gasteiger partial charge < -0.3 is 5.32 Å². The minimum atomic E-state index is -1.01. The molecule has 2 aromatic rings. The summed E-state index contributed by atoms with van der Waals surface area (Å²) in [4.78, 5) is 23.3. The van der Waals surface area contributed by atoms with Gasteiger partial charge in [0.2, 0.25) is 0 Å². The number of nitrogens with one attached hydrogen (secondary N) is 2. The lowest BCUT2D eigenvalue weighted by atomic mass is 10.2. The molecular weight excluding hydrogens is 380 g/mol. The SMILES string of the molecule is O=C(N/N=C/c1ccc(Cl)c(Cl)c1)C(=O)Nc1ccc(F)c(Cl)c1. The van der Waals surface area contributed by atoms with E-state index in [2.05, 4.69) is 10.4 Å². The van der Waals surface area contributed by atoms with E-state index in [4.69, 9.17) is 34.8 Å². The maximum absolute atomic E-state index is 13.0. The second-order valence-electron chi connectivity index (χ2n) is 4.46. The predicted molar refractivity (Wildman–Crippen MR) is 92.2 cm³/mol. The lowest BCUT2D eigenvalue weighted by Gasteiger charge is -2.04. The highest BCUT2D eigenvalue weighted by Gasteiger charge is 2.13. The number of nitrogens with zero attached hydrogens (tertiary/aromatic N) is 1. The number of anilines is 1. The number of hydrogen-bond donors (Lipinski definition) is 2. The van der Waals surface area contributed by atoms with Crippen LogP contribution in [0.3, 0.4) is 0 Å². The minimum absolute atomic E-state index is 0.175. The van der Waals surface area contributed by atoms with Gasteiger partial charge in [0, 0.05) is 5.69 Å². The second kappa shape index (κ2) is 8.10. The molecule has 0 aromatic heterocycles. The molecular formula is C15H9Cl3FN3O2. The monoisotopic (exact) mass is 387 g/mol. The predicted octanol–water partition coefficient (Wildman–Crippen LogP) is 3.87. The van der Waals surface area contributed by atoms with Crippen LogP contribution in [-0.4, -0.2) is 18.0 Å². The molecule has 5 nitrogen and oxygen atoms in total. The summed E-state index contributed by atoms with van der Waals surface area (Å²) in [5, 5.41) is 6.43. The first kappa shape index (κ1) is 18.2. The van der Waals surface area contributed by atoms with Crippen LogP contribution in [0.5, 0.6) is 0 Å². The van der Waals surface area contributed by atoms with Crippen molar-refractivity contribution in [2.24, 2.45) is 5.10 Å². The van der Waals surface area contributed by atoms with Crippen LogP contribution in [0, 0.1) is 5.82 Å². The summed E-state index contributed by atoms with van der Waals surface area (Å²) in [7, 11) is 0. The molecule has 0 aliphatic heterocycles. The maximum atomic E-state index is 13.0. The van der Waals surface area contributed by atoms with Gasteiger partial charge in [0.25, 0.3) is 0 Å². The van der Waals surface area contributed by atoms with Crippen molar-refractivity contribution in [3.8, 4) is 0 Å². The molecule has 0 fully saturated rings. The molecule has 0 heterocycles. The molecule has 9 heteroatoms. The second-order valence-corrected chi connectivity index (χ2v) is 5.68. The van der Waals surface area contributed by atoms with Crippen LogP contribution in [0.4, 0.5) is 10.1 Å². The molecule has 0 aliphatic carbocycles. The molecule has 0 bridgehead atoms. The molecule has 0 saturated heterocycles. The fraction of sp³-hybridized carbons (Fsp3) is 0. The Hall–Kier alpha value is -2.15. The van der Waals surface area contributed by atoms with Crippen molar-refractivity contribution < 1.29 is 14.0 Å². The smallest absolute Gasteiger partial charge is 0.318 e. The van der Waals surface area contributed by atoms with E-state index in [9.17, 15) is 14.0 Å². The van der Waals surface area contributed by atoms with Crippen LogP contribution in [0.15, 0.2) is 41.5 Å². The summed E-state index contributed by atoms with van der Waals surface area (Å²) < 4.78 is 13.0. The standard InChI is InChI=1S/C15H9Cl3FN3O2/c16-10-3-1-8(5-11(10)17)7-20-22-15(24)14(23)21-9-2-4-13(19)12(18)6-9/h1-7H,(H,21,23)(H,22,24)/b20-7+. The third-order valence-corrected chi connectivity index (χ3v) is 3.74. The molecule has 0 atom stereocenters. The Balaban J connectivity index is 1.93. The normalized spacial score (nSPS) is 10.7. The number of carbonyl (C=O) groups is 2. The zero-order chi connectivity index (χ0) is 17.7. The molecule has 24 heavy (non-hydrogen) atoms. The topological polar surface area (TPSA) is 70.6 Å². The third-order valence-electron chi connectivity index (χ3n) is 2.71. The largest absolute Gasteiger partial charge is 0.329 e. The summed E-state index contributed by atoms with van der Waals surface area (Å²) in [6.07, 6.45) is 1.29. The molecule has 2 aromatic carbocycles. The molecule has 2 rings (SSSR count). The van der Waals surface area contributed by atoms with Crippen molar-refractivity contribution in [3.05, 3.63) is 62.8 Å². The van der Waals surface area contributed by atoms with Crippen molar-refractivity contribution in [2.75, 3.05) is 5.32 Å². The number of benzene rings is 2. The average Bonchev–Trinajstić information content (AvgIpc) is 2.54. The van der Waals surface area contributed by atoms with Gasteiger partial charge in [-0.15, -0.1) is 0 Å². The Morgan fingerprint density at radius 1 is 0.958 bits per heavy atom. The van der Waals surface area contributed by atoms with Crippen LogP contribution in [0.2, 0.25) is 15.1 Å². The summed E-state index contributed by atoms with van der Waals surface area (Å²) in [6.45, 7) is 0. The summed E-state index contributed by atoms with van der Waals surface area (Å²) in [5.74, 6) is -2.62. The van der Waals surface area contributed by atoms with Gasteiger partial charge in [-0.3, -0.25) is 9.59 Å². The summed E-state index contributed by atoms with van der Waals surface area (Å²) in [6, 6.07) is 8.26. The van der Waals surface area contributed by atoms with Gasteiger partial charge in [0.15, 0.2) is 0 Å². The minimum Gasteiger partial charge on any atom is -0.318 e. The van der Waals surface area contributed by atoms with Gasteiger partial charge in [-0.05, 0) is 35.9 Å². The molecule has 124 valence electrons. The highest BCUT2D eigenvalue weighted by molar-refractivity contribution is 6.42. The Morgan fingerprint density at radius 3 is 2.38 bits per heavy atom. The van der Waals surface area contributed by atoms with E-state index in [1.54, 1.807) is 18.2 Å². The van der Waals surface area contributed by atoms with Crippen LogP contribution >= 0.6 is 34.8 Å². The van der Waals surface area contributed by atoms with Crippen molar-refractivity contribution >= 4 is 58.5 Å². The highest BCUT2D eigenvalue weighted by Crippen LogP contribution is 2.21. The lowest BCUT2D eigenvalue weighted by Crippen LogP contribution is -2.32. The van der Waals surface area contributed by atoms with Gasteiger partial charge in [-0.1, -0.05) is 40.9 Å². The molecule has 0 unspecified atom stereocenters. The maximum Gasteiger partial charge on any atom is 0.329 e. The fourth-order valence-corrected chi connectivity index (χ4v) is 2.06. The quantitative estimate of drug-likeness (QED) is 0.476. The highest BCUT2D eigenvalue weighted by atomic mass is 35.5. The zero-order valence-corrected chi connectivity index (χ0v) is 14.1. The lowest BCUT2D eigenvalue weighted by molar-refractivity contribution is -0.136.